The number of hydrogen-bond acceptors (Lipinski definition) is 3. The summed E-state index contributed by atoms with van der Waals surface area (Å²) >= 11 is 0. The summed E-state index contributed by atoms with van der Waals surface area (Å²) in [5.74, 6) is 0.798. The number of benzene rings is 1. The van der Waals surface area contributed by atoms with Crippen molar-refractivity contribution in [2.24, 2.45) is 0 Å². The number of ether oxygens (including phenoxy) is 1. The predicted molar refractivity (Wildman–Crippen MR) is 61.5 cm³/mol. The fraction of sp³-hybridized carbons (Fsp3) is 0.167. The first-order chi connectivity index (χ1) is 7.81. The highest BCUT2D eigenvalue weighted by molar-refractivity contribution is 5.61. The number of hydrogen-bond donors (Lipinski definition) is 1. The van der Waals surface area contributed by atoms with Crippen molar-refractivity contribution in [2.45, 2.75) is 6.92 Å². The van der Waals surface area contributed by atoms with Gasteiger partial charge in [-0.2, -0.15) is 0 Å². The lowest BCUT2D eigenvalue weighted by Crippen LogP contribution is -2.08. The first-order valence-electron chi connectivity index (χ1n) is 5.07. The van der Waals surface area contributed by atoms with Crippen molar-refractivity contribution in [2.75, 3.05) is 6.61 Å². The van der Waals surface area contributed by atoms with E-state index in [0.29, 0.717) is 12.2 Å². The van der Waals surface area contributed by atoms with Gasteiger partial charge >= 0.3 is 0 Å². The van der Waals surface area contributed by atoms with E-state index in [1.54, 1.807) is 6.20 Å². The van der Waals surface area contributed by atoms with Crippen LogP contribution in [-0.4, -0.2) is 16.6 Å². The third kappa shape index (κ3) is 2.11. The van der Waals surface area contributed by atoms with Crippen molar-refractivity contribution in [1.82, 2.24) is 9.97 Å². The lowest BCUT2D eigenvalue weighted by Gasteiger charge is -2.04. The van der Waals surface area contributed by atoms with Gasteiger partial charge in [0.15, 0.2) is 0 Å². The number of nitrogens with one attached hydrogen (secondary N) is 1. The Morgan fingerprint density at radius 2 is 2.06 bits per heavy atom. The summed E-state index contributed by atoms with van der Waals surface area (Å²) in [4.78, 5) is 17.9. The highest BCUT2D eigenvalue weighted by atomic mass is 16.5. The molecule has 0 saturated heterocycles. The summed E-state index contributed by atoms with van der Waals surface area (Å²) in [6.45, 7) is 2.56. The quantitative estimate of drug-likeness (QED) is 0.851. The van der Waals surface area contributed by atoms with Gasteiger partial charge in [-0.25, -0.2) is 4.98 Å². The Balaban J connectivity index is 2.35. The van der Waals surface area contributed by atoms with E-state index in [4.69, 9.17) is 4.74 Å². The third-order valence-corrected chi connectivity index (χ3v) is 2.19. The maximum Gasteiger partial charge on any atom is 0.258 e. The average molecular weight is 216 g/mol. The molecule has 0 aliphatic heterocycles. The zero-order valence-electron chi connectivity index (χ0n) is 8.93. The van der Waals surface area contributed by atoms with Crippen molar-refractivity contribution in [3.05, 3.63) is 47.1 Å². The smallest absolute Gasteiger partial charge is 0.258 e. The van der Waals surface area contributed by atoms with Gasteiger partial charge in [-0.3, -0.25) is 4.79 Å². The van der Waals surface area contributed by atoms with Gasteiger partial charge in [0.1, 0.15) is 5.75 Å². The molecule has 0 spiro atoms. The third-order valence-electron chi connectivity index (χ3n) is 2.19. The number of nitrogens with zero attached hydrogens (tertiary/aromatic N) is 1. The standard InChI is InChI=1S/C12H12N2O2/c1-2-16-10-5-3-9(4-6-10)11-7-13-8-14-12(11)15/h3-8H,2H2,1H3,(H,13,14,15). The van der Waals surface area contributed by atoms with Crippen molar-refractivity contribution in [1.29, 1.82) is 0 Å². The van der Waals surface area contributed by atoms with Crippen molar-refractivity contribution in [3.8, 4) is 16.9 Å². The van der Waals surface area contributed by atoms with E-state index in [2.05, 4.69) is 9.97 Å². The molecule has 0 aliphatic carbocycles. The van der Waals surface area contributed by atoms with Crippen molar-refractivity contribution in [3.63, 3.8) is 0 Å². The van der Waals surface area contributed by atoms with E-state index in [-0.39, 0.29) is 5.56 Å². The van der Waals surface area contributed by atoms with Gasteiger partial charge in [0.05, 0.1) is 18.5 Å². The highest BCUT2D eigenvalue weighted by Crippen LogP contribution is 2.18. The van der Waals surface area contributed by atoms with Crippen molar-refractivity contribution < 1.29 is 4.74 Å². The Kier molecular flexibility index (Phi) is 3.00. The van der Waals surface area contributed by atoms with Crippen LogP contribution in [0.25, 0.3) is 11.1 Å². The first kappa shape index (κ1) is 10.4. The monoisotopic (exact) mass is 216 g/mol. The maximum absolute atomic E-state index is 11.5. The maximum atomic E-state index is 11.5. The van der Waals surface area contributed by atoms with Gasteiger partial charge in [-0.1, -0.05) is 12.1 Å². The van der Waals surface area contributed by atoms with Crippen LogP contribution in [0.1, 0.15) is 6.92 Å². The van der Waals surface area contributed by atoms with E-state index in [0.717, 1.165) is 11.3 Å². The molecular formula is C12H12N2O2. The molecule has 0 saturated carbocycles. The van der Waals surface area contributed by atoms with E-state index in [1.165, 1.54) is 6.33 Å². The predicted octanol–water partition coefficient (Wildman–Crippen LogP) is 1.84. The molecule has 1 N–H and O–H groups in total. The Bertz CT molecular complexity index is 517. The van der Waals surface area contributed by atoms with Crippen LogP contribution in [0.2, 0.25) is 0 Å². The second-order valence-electron chi connectivity index (χ2n) is 3.25. The summed E-state index contributed by atoms with van der Waals surface area (Å²) in [5.41, 5.74) is 1.25. The Morgan fingerprint density at radius 1 is 1.31 bits per heavy atom. The van der Waals surface area contributed by atoms with Gasteiger partial charge in [0, 0.05) is 6.20 Å². The molecule has 82 valence electrons. The minimum atomic E-state index is -0.140. The fourth-order valence-electron chi connectivity index (χ4n) is 1.45. The zero-order valence-corrected chi connectivity index (χ0v) is 8.93. The van der Waals surface area contributed by atoms with E-state index in [1.807, 2.05) is 31.2 Å². The molecular weight excluding hydrogens is 204 g/mol. The van der Waals surface area contributed by atoms with Gasteiger partial charge in [0.2, 0.25) is 0 Å². The van der Waals surface area contributed by atoms with Gasteiger partial charge in [-0.15, -0.1) is 0 Å². The SMILES string of the molecule is CCOc1ccc(-c2cnc[nH]c2=O)cc1. The molecule has 0 fully saturated rings. The Morgan fingerprint density at radius 3 is 2.69 bits per heavy atom. The summed E-state index contributed by atoms with van der Waals surface area (Å²) in [6, 6.07) is 7.37. The zero-order chi connectivity index (χ0) is 11.4. The van der Waals surface area contributed by atoms with Gasteiger partial charge < -0.3 is 9.72 Å². The second-order valence-corrected chi connectivity index (χ2v) is 3.25. The minimum Gasteiger partial charge on any atom is -0.494 e. The molecule has 4 heteroatoms. The van der Waals surface area contributed by atoms with Crippen LogP contribution in [0, 0.1) is 0 Å². The molecule has 2 rings (SSSR count). The largest absolute Gasteiger partial charge is 0.494 e. The molecule has 1 aromatic heterocycles. The molecule has 0 amide bonds. The number of aromatic nitrogens is 2. The van der Waals surface area contributed by atoms with Crippen LogP contribution >= 0.6 is 0 Å². The molecule has 2 aromatic rings. The first-order valence-corrected chi connectivity index (χ1v) is 5.07. The number of H-pyrrole nitrogens is 1. The molecule has 0 atom stereocenters. The van der Waals surface area contributed by atoms with Crippen molar-refractivity contribution >= 4 is 0 Å². The van der Waals surface area contributed by atoms with Crippen LogP contribution in [0.4, 0.5) is 0 Å². The summed E-state index contributed by atoms with van der Waals surface area (Å²) in [6.07, 6.45) is 2.93. The molecule has 0 bridgehead atoms. The average Bonchev–Trinajstić information content (AvgIpc) is 2.31. The normalized spacial score (nSPS) is 10.1. The van der Waals surface area contributed by atoms with Crippen LogP contribution in [0.5, 0.6) is 5.75 Å². The fourth-order valence-corrected chi connectivity index (χ4v) is 1.45. The highest BCUT2D eigenvalue weighted by Gasteiger charge is 2.02. The van der Waals surface area contributed by atoms with Gasteiger partial charge in [-0.05, 0) is 24.6 Å². The van der Waals surface area contributed by atoms with Crippen LogP contribution in [-0.2, 0) is 0 Å². The summed E-state index contributed by atoms with van der Waals surface area (Å²) < 4.78 is 5.33. The number of aromatic amines is 1. The second kappa shape index (κ2) is 4.61. The molecule has 4 nitrogen and oxygen atoms in total. The Labute approximate surface area is 92.9 Å². The topological polar surface area (TPSA) is 55.0 Å². The lowest BCUT2D eigenvalue weighted by atomic mass is 10.1. The van der Waals surface area contributed by atoms with Crippen LogP contribution in [0.15, 0.2) is 41.6 Å². The number of rotatable bonds is 3. The van der Waals surface area contributed by atoms with E-state index >= 15 is 0 Å². The molecule has 1 heterocycles. The molecule has 1 aromatic carbocycles. The molecule has 0 aliphatic rings. The molecule has 0 unspecified atom stereocenters. The van der Waals surface area contributed by atoms with Crippen LogP contribution in [0.3, 0.4) is 0 Å². The lowest BCUT2D eigenvalue weighted by molar-refractivity contribution is 0.340. The van der Waals surface area contributed by atoms with E-state index in [9.17, 15) is 4.79 Å². The summed E-state index contributed by atoms with van der Waals surface area (Å²) in [5, 5.41) is 0. The van der Waals surface area contributed by atoms with Gasteiger partial charge in [0.25, 0.3) is 5.56 Å². The Hall–Kier alpha value is -2.10. The molecule has 16 heavy (non-hydrogen) atoms. The molecule has 0 radical (unpaired) electrons. The van der Waals surface area contributed by atoms with E-state index < -0.39 is 0 Å². The minimum absolute atomic E-state index is 0.140. The summed E-state index contributed by atoms with van der Waals surface area (Å²) in [7, 11) is 0. The van der Waals surface area contributed by atoms with Crippen LogP contribution < -0.4 is 10.3 Å².